The van der Waals surface area contributed by atoms with Crippen LogP contribution in [0.1, 0.15) is 17.7 Å². The summed E-state index contributed by atoms with van der Waals surface area (Å²) in [5.41, 5.74) is 5.95. The van der Waals surface area contributed by atoms with Crippen molar-refractivity contribution in [3.63, 3.8) is 0 Å². The maximum atomic E-state index is 6.19. The second kappa shape index (κ2) is 7.96. The summed E-state index contributed by atoms with van der Waals surface area (Å²) >= 11 is 6.19. The predicted octanol–water partition coefficient (Wildman–Crippen LogP) is 5.69. The number of nitrogens with one attached hydrogen (secondary N) is 1. The summed E-state index contributed by atoms with van der Waals surface area (Å²) in [7, 11) is 0. The fraction of sp³-hybridized carbons (Fsp3) is 0.174. The molecule has 0 saturated carbocycles. The zero-order chi connectivity index (χ0) is 18.2. The molecule has 5 rings (SSSR count). The topological polar surface area (TPSA) is 29.9 Å². The zero-order valence-electron chi connectivity index (χ0n) is 15.4. The molecule has 0 amide bonds. The molecule has 1 aliphatic heterocycles. The molecule has 1 N–H and O–H groups in total. The standard InChI is InChI=1S/C23H20ClN3.ClH/c24-18-5-3-4-16(14-18)15-27-13-10-20-22(17-8-11-25-12-9-17)26-21-7-2-1-6-19(21)23(20)27;/h1-8,10,13-14,25H,9,11-12,15H2;1H. The van der Waals surface area contributed by atoms with Crippen LogP contribution in [0.2, 0.25) is 5.02 Å². The van der Waals surface area contributed by atoms with Gasteiger partial charge in [-0.2, -0.15) is 0 Å². The van der Waals surface area contributed by atoms with E-state index in [4.69, 9.17) is 16.6 Å². The van der Waals surface area contributed by atoms with Gasteiger partial charge in [-0.1, -0.05) is 48.0 Å². The van der Waals surface area contributed by atoms with Crippen LogP contribution < -0.4 is 5.32 Å². The van der Waals surface area contributed by atoms with Gasteiger partial charge in [-0.05, 0) is 48.4 Å². The van der Waals surface area contributed by atoms with Gasteiger partial charge in [0.25, 0.3) is 0 Å². The number of para-hydroxylation sites is 1. The molecule has 1 aliphatic rings. The number of pyridine rings is 1. The van der Waals surface area contributed by atoms with E-state index in [0.29, 0.717) is 0 Å². The van der Waals surface area contributed by atoms with E-state index in [1.165, 1.54) is 27.4 Å². The molecule has 0 aliphatic carbocycles. The normalized spacial score (nSPS) is 14.1. The number of aromatic nitrogens is 2. The van der Waals surface area contributed by atoms with E-state index in [2.05, 4.69) is 58.6 Å². The van der Waals surface area contributed by atoms with Crippen molar-refractivity contribution in [3.8, 4) is 0 Å². The smallest absolute Gasteiger partial charge is 0.0760 e. The van der Waals surface area contributed by atoms with Crippen molar-refractivity contribution in [1.29, 1.82) is 0 Å². The van der Waals surface area contributed by atoms with E-state index in [1.54, 1.807) is 0 Å². The summed E-state index contributed by atoms with van der Waals surface area (Å²) in [6, 6.07) is 18.7. The van der Waals surface area contributed by atoms with Gasteiger partial charge in [0, 0.05) is 35.1 Å². The van der Waals surface area contributed by atoms with Crippen LogP contribution in [0.3, 0.4) is 0 Å². The second-order valence-electron chi connectivity index (χ2n) is 7.00. The average molecular weight is 410 g/mol. The van der Waals surface area contributed by atoms with E-state index in [0.717, 1.165) is 42.3 Å². The number of fused-ring (bicyclic) bond motifs is 3. The largest absolute Gasteiger partial charge is 0.342 e. The fourth-order valence-corrected chi connectivity index (χ4v) is 4.17. The van der Waals surface area contributed by atoms with Crippen molar-refractivity contribution in [2.24, 2.45) is 0 Å². The van der Waals surface area contributed by atoms with Crippen LogP contribution in [0.25, 0.3) is 27.4 Å². The van der Waals surface area contributed by atoms with Gasteiger partial charge < -0.3 is 9.88 Å². The van der Waals surface area contributed by atoms with Crippen molar-refractivity contribution in [2.45, 2.75) is 13.0 Å². The highest BCUT2D eigenvalue weighted by molar-refractivity contribution is 6.30. The lowest BCUT2D eigenvalue weighted by Crippen LogP contribution is -2.20. The Kier molecular flexibility index (Phi) is 5.40. The Balaban J connectivity index is 0.00000192. The predicted molar refractivity (Wildman–Crippen MR) is 121 cm³/mol. The Labute approximate surface area is 175 Å². The van der Waals surface area contributed by atoms with E-state index in [9.17, 15) is 0 Å². The summed E-state index contributed by atoms with van der Waals surface area (Å²) in [5, 5.41) is 6.58. The first-order valence-electron chi connectivity index (χ1n) is 9.32. The van der Waals surface area contributed by atoms with Crippen molar-refractivity contribution in [1.82, 2.24) is 14.9 Å². The third kappa shape index (κ3) is 3.42. The van der Waals surface area contributed by atoms with E-state index < -0.39 is 0 Å². The number of hydrogen-bond donors (Lipinski definition) is 1. The lowest BCUT2D eigenvalue weighted by molar-refractivity contribution is 0.737. The van der Waals surface area contributed by atoms with Gasteiger partial charge in [0.2, 0.25) is 0 Å². The molecule has 2 aromatic heterocycles. The minimum absolute atomic E-state index is 0. The Morgan fingerprint density at radius 1 is 1.04 bits per heavy atom. The first kappa shape index (κ1) is 19.0. The van der Waals surface area contributed by atoms with Crippen LogP contribution in [0.4, 0.5) is 0 Å². The molecular formula is C23H21Cl2N3. The number of hydrogen-bond acceptors (Lipinski definition) is 2. The van der Waals surface area contributed by atoms with Gasteiger partial charge in [0.15, 0.2) is 0 Å². The summed E-state index contributed by atoms with van der Waals surface area (Å²) < 4.78 is 2.32. The van der Waals surface area contributed by atoms with E-state index >= 15 is 0 Å². The van der Waals surface area contributed by atoms with Crippen LogP contribution in [-0.4, -0.2) is 22.6 Å². The lowest BCUT2D eigenvalue weighted by atomic mass is 10.0. The zero-order valence-corrected chi connectivity index (χ0v) is 16.9. The van der Waals surface area contributed by atoms with Gasteiger partial charge in [-0.25, -0.2) is 4.98 Å². The first-order chi connectivity index (χ1) is 13.3. The van der Waals surface area contributed by atoms with Crippen LogP contribution in [-0.2, 0) is 6.54 Å². The van der Waals surface area contributed by atoms with Crippen LogP contribution in [0, 0.1) is 0 Å². The van der Waals surface area contributed by atoms with E-state index in [1.807, 2.05) is 18.2 Å². The molecule has 0 radical (unpaired) electrons. The molecule has 2 aromatic carbocycles. The van der Waals surface area contributed by atoms with Crippen molar-refractivity contribution >= 4 is 51.4 Å². The third-order valence-corrected chi connectivity index (χ3v) is 5.46. The third-order valence-electron chi connectivity index (χ3n) is 5.22. The fourth-order valence-electron chi connectivity index (χ4n) is 3.96. The van der Waals surface area contributed by atoms with Crippen molar-refractivity contribution in [2.75, 3.05) is 13.1 Å². The second-order valence-corrected chi connectivity index (χ2v) is 7.43. The van der Waals surface area contributed by atoms with Gasteiger partial charge in [0.1, 0.15) is 0 Å². The van der Waals surface area contributed by atoms with Gasteiger partial charge in [-0.15, -0.1) is 12.4 Å². The molecule has 0 atom stereocenters. The molecule has 0 unspecified atom stereocenters. The summed E-state index contributed by atoms with van der Waals surface area (Å²) in [6.07, 6.45) is 5.46. The Morgan fingerprint density at radius 3 is 2.75 bits per heavy atom. The Bertz CT molecular complexity index is 1180. The summed E-state index contributed by atoms with van der Waals surface area (Å²) in [5.74, 6) is 0. The van der Waals surface area contributed by atoms with E-state index in [-0.39, 0.29) is 12.4 Å². The molecule has 3 heterocycles. The molecule has 3 nitrogen and oxygen atoms in total. The number of halogens is 2. The van der Waals surface area contributed by atoms with Gasteiger partial charge in [0.05, 0.1) is 16.7 Å². The van der Waals surface area contributed by atoms with Gasteiger partial charge >= 0.3 is 0 Å². The average Bonchev–Trinajstić information content (AvgIpc) is 3.12. The number of rotatable bonds is 3. The molecule has 0 fully saturated rings. The maximum absolute atomic E-state index is 6.19. The van der Waals surface area contributed by atoms with Crippen LogP contribution in [0.15, 0.2) is 66.9 Å². The summed E-state index contributed by atoms with van der Waals surface area (Å²) in [6.45, 7) is 2.71. The minimum atomic E-state index is 0. The monoisotopic (exact) mass is 409 g/mol. The number of benzene rings is 2. The first-order valence-corrected chi connectivity index (χ1v) is 9.69. The van der Waals surface area contributed by atoms with Crippen molar-refractivity contribution in [3.05, 3.63) is 83.2 Å². The van der Waals surface area contributed by atoms with Gasteiger partial charge in [-0.3, -0.25) is 0 Å². The Hall–Kier alpha value is -2.33. The molecule has 0 spiro atoms. The number of nitrogens with zero attached hydrogens (tertiary/aromatic N) is 2. The minimum Gasteiger partial charge on any atom is -0.342 e. The van der Waals surface area contributed by atoms with Crippen molar-refractivity contribution < 1.29 is 0 Å². The highest BCUT2D eigenvalue weighted by Gasteiger charge is 2.16. The molecule has 4 aromatic rings. The Morgan fingerprint density at radius 2 is 1.93 bits per heavy atom. The molecule has 0 bridgehead atoms. The highest BCUT2D eigenvalue weighted by atomic mass is 35.5. The summed E-state index contributed by atoms with van der Waals surface area (Å²) in [4.78, 5) is 5.03. The molecule has 0 saturated heterocycles. The molecule has 28 heavy (non-hydrogen) atoms. The van der Waals surface area contributed by atoms with Crippen LogP contribution >= 0.6 is 24.0 Å². The molecule has 5 heteroatoms. The molecular weight excluding hydrogens is 389 g/mol. The quantitative estimate of drug-likeness (QED) is 0.470. The highest BCUT2D eigenvalue weighted by Crippen LogP contribution is 2.33. The maximum Gasteiger partial charge on any atom is 0.0760 e. The molecule has 142 valence electrons. The lowest BCUT2D eigenvalue weighted by Gasteiger charge is -2.16. The van der Waals surface area contributed by atoms with Crippen LogP contribution in [0.5, 0.6) is 0 Å². The SMILES string of the molecule is Cl.Clc1cccc(Cn2ccc3c(C4=CCNCC4)nc4ccccc4c32)c1.